The third-order valence-corrected chi connectivity index (χ3v) is 2.60. The molecule has 0 fully saturated rings. The number of pyridine rings is 1. The molecular weight excluding hydrogens is 272 g/mol. The number of nitrogens with zero attached hydrogens (tertiary/aromatic N) is 2. The van der Waals surface area contributed by atoms with Crippen LogP contribution in [-0.2, 0) is 11.2 Å². The average molecular weight is 292 g/mol. The summed E-state index contributed by atoms with van der Waals surface area (Å²) in [4.78, 5) is 23.4. The van der Waals surface area contributed by atoms with E-state index < -0.39 is 11.7 Å². The first-order chi connectivity index (χ1) is 9.87. The number of fused-ring (bicyclic) bond motifs is 1. The van der Waals surface area contributed by atoms with Gasteiger partial charge in [0.1, 0.15) is 17.2 Å². The molecule has 0 aromatic carbocycles. The van der Waals surface area contributed by atoms with E-state index in [0.29, 0.717) is 24.3 Å². The number of ether oxygens (including phenoxy) is 1. The number of hydrogen-bond donors (Lipinski definition) is 3. The normalized spacial score (nSPS) is 11.6. The summed E-state index contributed by atoms with van der Waals surface area (Å²) in [5.74, 6) is 1.15. The van der Waals surface area contributed by atoms with Crippen LogP contribution in [-0.4, -0.2) is 38.4 Å². The number of aryl methyl sites for hydroxylation is 1. The van der Waals surface area contributed by atoms with Gasteiger partial charge < -0.3 is 14.8 Å². The molecule has 0 aliphatic rings. The largest absolute Gasteiger partial charge is 0.444 e. The van der Waals surface area contributed by atoms with E-state index in [-0.39, 0.29) is 6.61 Å². The molecule has 2 aromatic heterocycles. The van der Waals surface area contributed by atoms with E-state index in [1.54, 1.807) is 32.9 Å². The van der Waals surface area contributed by atoms with Crippen molar-refractivity contribution in [3.63, 3.8) is 0 Å². The molecule has 1 amide bonds. The topological polar surface area (TPSA) is 100 Å². The first-order valence-electron chi connectivity index (χ1n) is 6.84. The molecule has 7 heteroatoms. The van der Waals surface area contributed by atoms with Gasteiger partial charge in [-0.25, -0.2) is 14.8 Å². The number of aliphatic hydroxyl groups is 1. The monoisotopic (exact) mass is 292 g/mol. The number of aromatic amines is 1. The lowest BCUT2D eigenvalue weighted by atomic mass is 10.2. The summed E-state index contributed by atoms with van der Waals surface area (Å²) in [5.41, 5.74) is 0.756. The van der Waals surface area contributed by atoms with Crippen molar-refractivity contribution in [2.75, 3.05) is 11.9 Å². The zero-order valence-electron chi connectivity index (χ0n) is 12.4. The second-order valence-electron chi connectivity index (χ2n) is 5.71. The van der Waals surface area contributed by atoms with Crippen molar-refractivity contribution in [1.29, 1.82) is 0 Å². The summed E-state index contributed by atoms with van der Waals surface area (Å²) in [6.45, 7) is 5.51. The third kappa shape index (κ3) is 4.42. The van der Waals surface area contributed by atoms with Gasteiger partial charge in [-0.15, -0.1) is 0 Å². The molecule has 21 heavy (non-hydrogen) atoms. The highest BCUT2D eigenvalue weighted by Crippen LogP contribution is 2.15. The minimum Gasteiger partial charge on any atom is -0.444 e. The number of amides is 1. The number of carbonyl (C=O) groups excluding carboxylic acids is 1. The number of aromatic nitrogens is 3. The Balaban J connectivity index is 2.09. The van der Waals surface area contributed by atoms with E-state index in [1.165, 1.54) is 0 Å². The molecule has 0 bridgehead atoms. The Hall–Kier alpha value is -2.15. The van der Waals surface area contributed by atoms with Crippen molar-refractivity contribution in [2.45, 2.75) is 39.2 Å². The lowest BCUT2D eigenvalue weighted by Gasteiger charge is -2.19. The molecule has 2 aromatic rings. The van der Waals surface area contributed by atoms with E-state index in [4.69, 9.17) is 9.84 Å². The summed E-state index contributed by atoms with van der Waals surface area (Å²) in [5, 5.41) is 11.4. The van der Waals surface area contributed by atoms with Gasteiger partial charge in [0.15, 0.2) is 5.65 Å². The van der Waals surface area contributed by atoms with Crippen LogP contribution in [0.3, 0.4) is 0 Å². The molecule has 2 heterocycles. The van der Waals surface area contributed by atoms with Crippen molar-refractivity contribution < 1.29 is 14.6 Å². The molecule has 3 N–H and O–H groups in total. The molecule has 0 aliphatic carbocycles. The van der Waals surface area contributed by atoms with Gasteiger partial charge in [-0.05, 0) is 39.3 Å². The van der Waals surface area contributed by atoms with Crippen LogP contribution >= 0.6 is 0 Å². The van der Waals surface area contributed by atoms with Gasteiger partial charge in [-0.1, -0.05) is 0 Å². The zero-order chi connectivity index (χ0) is 15.5. The van der Waals surface area contributed by atoms with Crippen LogP contribution in [0.1, 0.15) is 33.0 Å². The van der Waals surface area contributed by atoms with Crippen LogP contribution in [0.25, 0.3) is 11.2 Å². The fourth-order valence-electron chi connectivity index (χ4n) is 1.79. The lowest BCUT2D eigenvalue weighted by molar-refractivity contribution is 0.0635. The first-order valence-corrected chi connectivity index (χ1v) is 6.84. The quantitative estimate of drug-likeness (QED) is 0.802. The smallest absolute Gasteiger partial charge is 0.413 e. The van der Waals surface area contributed by atoms with E-state index in [0.717, 1.165) is 11.3 Å². The van der Waals surface area contributed by atoms with Gasteiger partial charge in [0, 0.05) is 13.0 Å². The van der Waals surface area contributed by atoms with E-state index in [1.807, 2.05) is 0 Å². The maximum atomic E-state index is 11.7. The van der Waals surface area contributed by atoms with Crippen LogP contribution in [0.15, 0.2) is 12.1 Å². The number of hydrogen-bond acceptors (Lipinski definition) is 5. The SMILES string of the molecule is CC(C)(C)OC(=O)Nc1ccc2[nH]c(CCCO)nc2n1. The van der Waals surface area contributed by atoms with E-state index in [2.05, 4.69) is 20.3 Å². The Labute approximate surface area is 122 Å². The predicted molar refractivity (Wildman–Crippen MR) is 79.2 cm³/mol. The lowest BCUT2D eigenvalue weighted by Crippen LogP contribution is -2.27. The molecule has 0 saturated carbocycles. The molecule has 0 unspecified atom stereocenters. The Bertz CT molecular complexity index is 631. The van der Waals surface area contributed by atoms with Crippen molar-refractivity contribution >= 4 is 23.1 Å². The Morgan fingerprint density at radius 2 is 2.14 bits per heavy atom. The summed E-state index contributed by atoms with van der Waals surface area (Å²) >= 11 is 0. The summed E-state index contributed by atoms with van der Waals surface area (Å²) in [7, 11) is 0. The summed E-state index contributed by atoms with van der Waals surface area (Å²) < 4.78 is 5.17. The third-order valence-electron chi connectivity index (χ3n) is 2.60. The second-order valence-corrected chi connectivity index (χ2v) is 5.71. The first kappa shape index (κ1) is 15.2. The van der Waals surface area contributed by atoms with E-state index >= 15 is 0 Å². The van der Waals surface area contributed by atoms with Gasteiger partial charge in [-0.3, -0.25) is 5.32 Å². The fourth-order valence-corrected chi connectivity index (χ4v) is 1.79. The Morgan fingerprint density at radius 1 is 1.38 bits per heavy atom. The zero-order valence-corrected chi connectivity index (χ0v) is 12.4. The fraction of sp³-hybridized carbons (Fsp3) is 0.500. The van der Waals surface area contributed by atoms with Crippen LogP contribution in [0.2, 0.25) is 0 Å². The number of anilines is 1. The number of H-pyrrole nitrogens is 1. The average Bonchev–Trinajstić information content (AvgIpc) is 2.75. The predicted octanol–water partition coefficient (Wildman–Crippen LogP) is 2.23. The number of nitrogens with one attached hydrogen (secondary N) is 2. The summed E-state index contributed by atoms with van der Waals surface area (Å²) in [6, 6.07) is 3.48. The van der Waals surface area contributed by atoms with Crippen LogP contribution in [0.4, 0.5) is 10.6 Å². The minimum absolute atomic E-state index is 0.121. The number of imidazole rings is 1. The molecule has 114 valence electrons. The molecule has 0 aliphatic heterocycles. The highest BCUT2D eigenvalue weighted by molar-refractivity contribution is 5.85. The Morgan fingerprint density at radius 3 is 2.81 bits per heavy atom. The number of rotatable bonds is 4. The van der Waals surface area contributed by atoms with Crippen molar-refractivity contribution in [3.05, 3.63) is 18.0 Å². The number of aliphatic hydroxyl groups excluding tert-OH is 1. The van der Waals surface area contributed by atoms with Gasteiger partial charge in [-0.2, -0.15) is 0 Å². The second kappa shape index (κ2) is 6.09. The van der Waals surface area contributed by atoms with Gasteiger partial charge in [0.25, 0.3) is 0 Å². The Kier molecular flexibility index (Phi) is 4.42. The maximum absolute atomic E-state index is 11.7. The maximum Gasteiger partial charge on any atom is 0.413 e. The van der Waals surface area contributed by atoms with Gasteiger partial charge >= 0.3 is 6.09 Å². The van der Waals surface area contributed by atoms with Crippen LogP contribution in [0.5, 0.6) is 0 Å². The van der Waals surface area contributed by atoms with Gasteiger partial charge in [0.05, 0.1) is 5.52 Å². The standard InChI is InChI=1S/C14H20N4O3/c1-14(2,3)21-13(20)18-11-7-6-9-12(17-11)16-10(15-9)5-4-8-19/h6-7,19H,4-5,8H2,1-3H3,(H2,15,16,17,18,20). The number of carbonyl (C=O) groups is 1. The molecular formula is C14H20N4O3. The van der Waals surface area contributed by atoms with Crippen molar-refractivity contribution in [1.82, 2.24) is 15.0 Å². The molecule has 0 radical (unpaired) electrons. The van der Waals surface area contributed by atoms with Crippen LogP contribution in [0, 0.1) is 0 Å². The highest BCUT2D eigenvalue weighted by Gasteiger charge is 2.16. The summed E-state index contributed by atoms with van der Waals surface area (Å²) in [6.07, 6.45) is 0.746. The molecule has 2 rings (SSSR count). The molecule has 0 atom stereocenters. The van der Waals surface area contributed by atoms with Gasteiger partial charge in [0.2, 0.25) is 0 Å². The highest BCUT2D eigenvalue weighted by atomic mass is 16.6. The molecule has 7 nitrogen and oxygen atoms in total. The van der Waals surface area contributed by atoms with Crippen LogP contribution < -0.4 is 5.32 Å². The molecule has 0 spiro atoms. The van der Waals surface area contributed by atoms with E-state index in [9.17, 15) is 4.79 Å². The molecule has 0 saturated heterocycles. The van der Waals surface area contributed by atoms with Crippen molar-refractivity contribution in [2.24, 2.45) is 0 Å². The van der Waals surface area contributed by atoms with Crippen molar-refractivity contribution in [3.8, 4) is 0 Å². The minimum atomic E-state index is -0.558.